The van der Waals surface area contributed by atoms with Crippen molar-refractivity contribution in [1.82, 2.24) is 9.97 Å². The first-order valence-electron chi connectivity index (χ1n) is 14.3. The van der Waals surface area contributed by atoms with Gasteiger partial charge >= 0.3 is 0 Å². The van der Waals surface area contributed by atoms with Crippen molar-refractivity contribution in [2.45, 2.75) is 44.1 Å². The summed E-state index contributed by atoms with van der Waals surface area (Å²) >= 11 is 5.45. The smallest absolute Gasteiger partial charge is 0.229 e. The second-order valence-electron chi connectivity index (χ2n) is 11.3. The molecule has 0 N–H and O–H groups in total. The van der Waals surface area contributed by atoms with Gasteiger partial charge in [0, 0.05) is 31.7 Å². The molecule has 4 atom stereocenters. The van der Waals surface area contributed by atoms with Gasteiger partial charge in [0.1, 0.15) is 28.9 Å². The number of hydrogen-bond acceptors (Lipinski definition) is 6. The number of pyridine rings is 2. The Hall–Kier alpha value is -4.85. The Morgan fingerprint density at radius 1 is 0.698 bits per heavy atom. The molecule has 0 spiro atoms. The van der Waals surface area contributed by atoms with Crippen LogP contribution in [0.2, 0.25) is 5.15 Å². The van der Waals surface area contributed by atoms with Gasteiger partial charge in [-0.2, -0.15) is 10.5 Å². The van der Waals surface area contributed by atoms with Crippen molar-refractivity contribution in [1.29, 1.82) is 10.5 Å². The Labute approximate surface area is 255 Å². The number of ketones is 1. The van der Waals surface area contributed by atoms with Crippen molar-refractivity contribution in [3.63, 3.8) is 0 Å². The minimum Gasteiger partial charge on any atom is -0.300 e. The van der Waals surface area contributed by atoms with Crippen LogP contribution < -0.4 is 4.90 Å². The molecule has 8 heteroatoms. The largest absolute Gasteiger partial charge is 0.300 e. The van der Waals surface area contributed by atoms with Crippen LogP contribution in [0.25, 0.3) is 0 Å². The summed E-state index contributed by atoms with van der Waals surface area (Å²) in [5.74, 6) is 2.75. The van der Waals surface area contributed by atoms with Crippen molar-refractivity contribution >= 4 is 29.1 Å². The fraction of sp³-hybridized carbons (Fsp3) is 0.257. The zero-order chi connectivity index (χ0) is 29.9. The van der Waals surface area contributed by atoms with E-state index >= 15 is 0 Å². The van der Waals surface area contributed by atoms with Crippen LogP contribution >= 0.6 is 11.6 Å². The summed E-state index contributed by atoms with van der Waals surface area (Å²) in [5.41, 5.74) is 6.52. The van der Waals surface area contributed by atoms with Crippen LogP contribution in [0.15, 0.2) is 85.2 Å². The summed E-state index contributed by atoms with van der Waals surface area (Å²) in [4.78, 5) is 33.4. The molecule has 43 heavy (non-hydrogen) atoms. The van der Waals surface area contributed by atoms with Gasteiger partial charge in [-0.05, 0) is 77.1 Å². The number of fused-ring (bicyclic) bond motifs is 6. The summed E-state index contributed by atoms with van der Waals surface area (Å²) < 4.78 is 0. The number of anilines is 1. The van der Waals surface area contributed by atoms with Crippen LogP contribution in [-0.4, -0.2) is 21.7 Å². The van der Waals surface area contributed by atoms with Crippen molar-refractivity contribution < 1.29 is 9.59 Å². The summed E-state index contributed by atoms with van der Waals surface area (Å²) in [6.07, 6.45) is 7.23. The highest BCUT2D eigenvalue weighted by molar-refractivity contribution is 6.29. The van der Waals surface area contributed by atoms with Gasteiger partial charge in [-0.25, -0.2) is 9.97 Å². The molecule has 1 saturated heterocycles. The molecular formula is C35H28ClN5O2. The number of nitriles is 2. The maximum absolute atomic E-state index is 12.4. The van der Waals surface area contributed by atoms with Gasteiger partial charge in [0.05, 0.1) is 17.2 Å². The number of rotatable bonds is 1. The van der Waals surface area contributed by atoms with Gasteiger partial charge in [0.15, 0.2) is 0 Å². The minimum absolute atomic E-state index is 0.0918. The average Bonchev–Trinajstić information content (AvgIpc) is 3.76. The van der Waals surface area contributed by atoms with Crippen LogP contribution in [0.5, 0.6) is 0 Å². The van der Waals surface area contributed by atoms with E-state index in [1.54, 1.807) is 29.2 Å². The topological polar surface area (TPSA) is 111 Å². The van der Waals surface area contributed by atoms with E-state index < -0.39 is 0 Å². The highest BCUT2D eigenvalue weighted by atomic mass is 35.5. The Kier molecular flexibility index (Phi) is 8.01. The predicted molar refractivity (Wildman–Crippen MR) is 162 cm³/mol. The maximum Gasteiger partial charge on any atom is 0.229 e. The first kappa shape index (κ1) is 28.3. The van der Waals surface area contributed by atoms with E-state index in [-0.39, 0.29) is 11.9 Å². The Balaban J connectivity index is 0.000000127. The minimum atomic E-state index is 0.0918. The van der Waals surface area contributed by atoms with Crippen LogP contribution in [-0.2, 0) is 22.4 Å². The van der Waals surface area contributed by atoms with Crippen molar-refractivity contribution in [2.75, 3.05) is 4.90 Å². The summed E-state index contributed by atoms with van der Waals surface area (Å²) in [6.45, 7) is 0. The van der Waals surface area contributed by atoms with Crippen molar-refractivity contribution in [2.24, 2.45) is 11.8 Å². The first-order valence-corrected chi connectivity index (χ1v) is 14.7. The van der Waals surface area contributed by atoms with Crippen LogP contribution in [0.4, 0.5) is 5.82 Å². The lowest BCUT2D eigenvalue weighted by Gasteiger charge is -2.24. The number of aromatic nitrogens is 2. The molecule has 0 radical (unpaired) electrons. The van der Waals surface area contributed by atoms with Crippen molar-refractivity contribution in [3.8, 4) is 12.1 Å². The second kappa shape index (κ2) is 12.2. The van der Waals surface area contributed by atoms with Crippen LogP contribution in [0, 0.1) is 34.5 Å². The third kappa shape index (κ3) is 5.78. The van der Waals surface area contributed by atoms with E-state index in [1.807, 2.05) is 18.2 Å². The van der Waals surface area contributed by atoms with E-state index in [0.29, 0.717) is 52.1 Å². The molecule has 212 valence electrons. The fourth-order valence-electron chi connectivity index (χ4n) is 6.85. The number of nitrogens with zero attached hydrogens (tertiary/aromatic N) is 5. The SMILES string of the molecule is N#Cc1ccc(Cl)nc1.N#Cc1ccc(N2C(=O)CC3Cc4ccccc4C32)nc1.O=C1CC2Cc3ccccc3C2C1. The molecule has 4 aromatic rings. The third-order valence-corrected chi connectivity index (χ3v) is 8.93. The van der Waals surface area contributed by atoms with Crippen LogP contribution in [0.1, 0.15) is 64.6 Å². The molecule has 1 aliphatic heterocycles. The number of amides is 1. The molecule has 2 fully saturated rings. The first-order chi connectivity index (χ1) is 20.9. The van der Waals surface area contributed by atoms with E-state index in [4.69, 9.17) is 22.1 Å². The molecule has 4 aliphatic rings. The average molecular weight is 586 g/mol. The molecule has 1 amide bonds. The number of carbonyl (C=O) groups excluding carboxylic acids is 2. The second-order valence-corrected chi connectivity index (χ2v) is 11.7. The molecule has 2 aromatic carbocycles. The highest BCUT2D eigenvalue weighted by Gasteiger charge is 2.46. The number of benzene rings is 2. The molecule has 3 heterocycles. The molecule has 8 rings (SSSR count). The summed E-state index contributed by atoms with van der Waals surface area (Å²) in [6, 6.07) is 27.7. The molecule has 3 aliphatic carbocycles. The van der Waals surface area contributed by atoms with Gasteiger partial charge in [0.25, 0.3) is 0 Å². The molecule has 1 saturated carbocycles. The molecule has 7 nitrogen and oxygen atoms in total. The van der Waals surface area contributed by atoms with E-state index in [9.17, 15) is 9.59 Å². The van der Waals surface area contributed by atoms with Gasteiger partial charge in [-0.3, -0.25) is 14.5 Å². The van der Waals surface area contributed by atoms with Crippen LogP contribution in [0.3, 0.4) is 0 Å². The highest BCUT2D eigenvalue weighted by Crippen LogP contribution is 2.48. The number of hydrogen-bond donors (Lipinski definition) is 0. The van der Waals surface area contributed by atoms with Gasteiger partial charge < -0.3 is 0 Å². The monoisotopic (exact) mass is 585 g/mol. The molecule has 0 bridgehead atoms. The summed E-state index contributed by atoms with van der Waals surface area (Å²) in [5, 5.41) is 17.6. The molecule has 4 unspecified atom stereocenters. The van der Waals surface area contributed by atoms with Gasteiger partial charge in [-0.1, -0.05) is 60.1 Å². The standard InChI is InChI=1S/C17H13N3O.C12H12O.C6H3ClN2/c18-9-11-5-6-15(19-10-11)20-16(21)8-13-7-12-3-1-2-4-14(12)17(13)20;13-10-6-9-5-8-3-1-2-4-11(8)12(9)7-10;7-6-2-1-5(3-8)4-9-6/h1-6,10,13,17H,7-8H2;1-4,9,12H,5-7H2;1-2,4H. The number of Topliss-reactive ketones (excluding diaryl/α,β-unsaturated/α-hetero) is 1. The van der Waals surface area contributed by atoms with E-state index in [0.717, 1.165) is 25.7 Å². The lowest BCUT2D eigenvalue weighted by molar-refractivity contribution is -0.118. The van der Waals surface area contributed by atoms with Gasteiger partial charge in [0.2, 0.25) is 5.91 Å². The van der Waals surface area contributed by atoms with E-state index in [1.165, 1.54) is 34.6 Å². The molecule has 2 aromatic heterocycles. The van der Waals surface area contributed by atoms with E-state index in [2.05, 4.69) is 52.4 Å². The Bertz CT molecular complexity index is 1760. The lowest BCUT2D eigenvalue weighted by atomic mass is 9.97. The third-order valence-electron chi connectivity index (χ3n) is 8.71. The predicted octanol–water partition coefficient (Wildman–Crippen LogP) is 6.52. The zero-order valence-electron chi connectivity index (χ0n) is 23.4. The maximum atomic E-state index is 12.4. The molecular weight excluding hydrogens is 558 g/mol. The lowest BCUT2D eigenvalue weighted by Crippen LogP contribution is -2.28. The van der Waals surface area contributed by atoms with Crippen molar-refractivity contribution in [3.05, 3.63) is 124 Å². The quantitative estimate of drug-likeness (QED) is 0.235. The van der Waals surface area contributed by atoms with Gasteiger partial charge in [-0.15, -0.1) is 0 Å². The Morgan fingerprint density at radius 2 is 1.33 bits per heavy atom. The Morgan fingerprint density at radius 3 is 1.98 bits per heavy atom. The number of carbonyl (C=O) groups is 2. The zero-order valence-corrected chi connectivity index (χ0v) is 24.1. The summed E-state index contributed by atoms with van der Waals surface area (Å²) in [7, 11) is 0. The number of halogens is 1. The normalized spacial score (nSPS) is 22.1. The fourth-order valence-corrected chi connectivity index (χ4v) is 6.96.